The molecule has 0 bridgehead atoms. The van der Waals surface area contributed by atoms with Crippen molar-refractivity contribution in [3.8, 4) is 0 Å². The maximum absolute atomic E-state index is 8.84. The summed E-state index contributed by atoms with van der Waals surface area (Å²) >= 11 is 0. The van der Waals surface area contributed by atoms with E-state index in [1.54, 1.807) is 0 Å². The molecule has 54 valence electrons. The van der Waals surface area contributed by atoms with Crippen molar-refractivity contribution in [3.63, 3.8) is 0 Å². The molecule has 0 aromatic rings. The standard InChI is InChI=1S/C6H12O3/c1-2-3-5(8)6(9)4-7/h4-5,7-9H,2-3H2,1H3. The molecule has 0 fully saturated rings. The Bertz CT molecular complexity index is 98.5. The first-order valence-electron chi connectivity index (χ1n) is 2.93. The van der Waals surface area contributed by atoms with Gasteiger partial charge in [-0.25, -0.2) is 0 Å². The van der Waals surface area contributed by atoms with Crippen LogP contribution in [0.2, 0.25) is 0 Å². The summed E-state index contributed by atoms with van der Waals surface area (Å²) in [6.45, 7) is 1.88. The van der Waals surface area contributed by atoms with Crippen LogP contribution in [0.15, 0.2) is 12.0 Å². The lowest BCUT2D eigenvalue weighted by Crippen LogP contribution is -2.08. The van der Waals surface area contributed by atoms with Crippen LogP contribution in [0.4, 0.5) is 0 Å². The van der Waals surface area contributed by atoms with E-state index in [0.29, 0.717) is 12.7 Å². The van der Waals surface area contributed by atoms with Crippen LogP contribution in [0.1, 0.15) is 19.8 Å². The van der Waals surface area contributed by atoms with Gasteiger partial charge in [0, 0.05) is 0 Å². The van der Waals surface area contributed by atoms with Crippen LogP contribution >= 0.6 is 0 Å². The van der Waals surface area contributed by atoms with E-state index < -0.39 is 6.10 Å². The van der Waals surface area contributed by atoms with E-state index in [1.165, 1.54) is 0 Å². The Morgan fingerprint density at radius 1 is 1.67 bits per heavy atom. The Morgan fingerprint density at radius 2 is 2.22 bits per heavy atom. The number of aliphatic hydroxyl groups is 3. The van der Waals surface area contributed by atoms with Gasteiger partial charge in [0.2, 0.25) is 0 Å². The maximum Gasteiger partial charge on any atom is 0.155 e. The largest absolute Gasteiger partial charge is 0.512 e. The summed E-state index contributed by atoms with van der Waals surface area (Å²) in [5.74, 6) is -0.364. The first-order valence-corrected chi connectivity index (χ1v) is 2.93. The molecule has 0 aromatic heterocycles. The zero-order valence-corrected chi connectivity index (χ0v) is 5.41. The Balaban J connectivity index is 3.59. The molecule has 0 aromatic carbocycles. The van der Waals surface area contributed by atoms with Gasteiger partial charge in [-0.1, -0.05) is 13.3 Å². The molecule has 0 saturated carbocycles. The molecule has 0 amide bonds. The highest BCUT2D eigenvalue weighted by Crippen LogP contribution is 2.03. The summed E-state index contributed by atoms with van der Waals surface area (Å²) in [6, 6.07) is 0. The first kappa shape index (κ1) is 8.30. The number of hydrogen-bond donors (Lipinski definition) is 3. The molecule has 0 saturated heterocycles. The summed E-state index contributed by atoms with van der Waals surface area (Å²) in [5, 5.41) is 25.6. The van der Waals surface area contributed by atoms with E-state index >= 15 is 0 Å². The van der Waals surface area contributed by atoms with Crippen LogP contribution in [0, 0.1) is 0 Å². The second-order valence-electron chi connectivity index (χ2n) is 1.86. The summed E-state index contributed by atoms with van der Waals surface area (Å²) in [4.78, 5) is 0. The number of aliphatic hydroxyl groups excluding tert-OH is 3. The predicted molar refractivity (Wildman–Crippen MR) is 34.3 cm³/mol. The zero-order valence-electron chi connectivity index (χ0n) is 5.41. The van der Waals surface area contributed by atoms with Gasteiger partial charge in [-0.2, -0.15) is 0 Å². The van der Waals surface area contributed by atoms with Crippen LogP contribution in [0.25, 0.3) is 0 Å². The van der Waals surface area contributed by atoms with Gasteiger partial charge in [-0.3, -0.25) is 0 Å². The zero-order chi connectivity index (χ0) is 7.28. The second-order valence-corrected chi connectivity index (χ2v) is 1.86. The summed E-state index contributed by atoms with van der Waals surface area (Å²) in [7, 11) is 0. The van der Waals surface area contributed by atoms with Crippen LogP contribution < -0.4 is 0 Å². The van der Waals surface area contributed by atoms with Crippen LogP contribution in [0.3, 0.4) is 0 Å². The molecular formula is C6H12O3. The molecule has 3 heteroatoms. The van der Waals surface area contributed by atoms with Gasteiger partial charge in [-0.15, -0.1) is 0 Å². The minimum Gasteiger partial charge on any atom is -0.512 e. The molecule has 1 atom stereocenters. The molecule has 0 spiro atoms. The van der Waals surface area contributed by atoms with E-state index in [9.17, 15) is 0 Å². The Morgan fingerprint density at radius 3 is 2.56 bits per heavy atom. The van der Waals surface area contributed by atoms with E-state index in [2.05, 4.69) is 0 Å². The van der Waals surface area contributed by atoms with Crippen LogP contribution in [-0.2, 0) is 0 Å². The monoisotopic (exact) mass is 132 g/mol. The third kappa shape index (κ3) is 2.98. The number of rotatable bonds is 3. The smallest absolute Gasteiger partial charge is 0.155 e. The second kappa shape index (κ2) is 4.21. The predicted octanol–water partition coefficient (Wildman–Crippen LogP) is 1.10. The Labute approximate surface area is 54.3 Å². The average molecular weight is 132 g/mol. The van der Waals surface area contributed by atoms with Crippen molar-refractivity contribution < 1.29 is 15.3 Å². The molecule has 0 heterocycles. The van der Waals surface area contributed by atoms with E-state index in [0.717, 1.165) is 6.42 Å². The van der Waals surface area contributed by atoms with E-state index in [1.807, 2.05) is 6.92 Å². The quantitative estimate of drug-likeness (QED) is 0.504. The normalized spacial score (nSPS) is 15.6. The van der Waals surface area contributed by atoms with Gasteiger partial charge in [0.15, 0.2) is 5.76 Å². The fraction of sp³-hybridized carbons (Fsp3) is 0.667. The SMILES string of the molecule is CCCC(O)C(O)=CO. The highest BCUT2D eigenvalue weighted by atomic mass is 16.3. The minimum absolute atomic E-state index is 0.364. The third-order valence-electron chi connectivity index (χ3n) is 1.04. The molecule has 3 nitrogen and oxygen atoms in total. The van der Waals surface area contributed by atoms with Gasteiger partial charge in [0.05, 0.1) is 0 Å². The van der Waals surface area contributed by atoms with Crippen LogP contribution in [0.5, 0.6) is 0 Å². The molecule has 0 aliphatic carbocycles. The summed E-state index contributed by atoms with van der Waals surface area (Å²) in [5.41, 5.74) is 0. The Hall–Kier alpha value is -0.700. The van der Waals surface area contributed by atoms with Gasteiger partial charge in [0.1, 0.15) is 12.4 Å². The van der Waals surface area contributed by atoms with Crippen LogP contribution in [-0.4, -0.2) is 21.4 Å². The topological polar surface area (TPSA) is 60.7 Å². The lowest BCUT2D eigenvalue weighted by molar-refractivity contribution is 0.137. The summed E-state index contributed by atoms with van der Waals surface area (Å²) < 4.78 is 0. The van der Waals surface area contributed by atoms with Crippen molar-refractivity contribution in [2.24, 2.45) is 0 Å². The molecule has 9 heavy (non-hydrogen) atoms. The molecule has 0 aliphatic heterocycles. The molecule has 0 radical (unpaired) electrons. The third-order valence-corrected chi connectivity index (χ3v) is 1.04. The lowest BCUT2D eigenvalue weighted by Gasteiger charge is -2.04. The van der Waals surface area contributed by atoms with Crippen molar-refractivity contribution >= 4 is 0 Å². The molecule has 1 unspecified atom stereocenters. The fourth-order valence-electron chi connectivity index (χ4n) is 0.507. The van der Waals surface area contributed by atoms with E-state index in [-0.39, 0.29) is 5.76 Å². The lowest BCUT2D eigenvalue weighted by atomic mass is 10.2. The molecule has 3 N–H and O–H groups in total. The van der Waals surface area contributed by atoms with Crippen molar-refractivity contribution in [1.29, 1.82) is 0 Å². The van der Waals surface area contributed by atoms with Crippen molar-refractivity contribution in [1.82, 2.24) is 0 Å². The summed E-state index contributed by atoms with van der Waals surface area (Å²) in [6.07, 6.45) is 0.863. The van der Waals surface area contributed by atoms with Gasteiger partial charge in [0.25, 0.3) is 0 Å². The minimum atomic E-state index is -0.903. The highest BCUT2D eigenvalue weighted by Gasteiger charge is 2.06. The average Bonchev–Trinajstić information content (AvgIpc) is 1.87. The number of hydrogen-bond acceptors (Lipinski definition) is 3. The maximum atomic E-state index is 8.84. The van der Waals surface area contributed by atoms with Gasteiger partial charge < -0.3 is 15.3 Å². The first-order chi connectivity index (χ1) is 4.22. The van der Waals surface area contributed by atoms with Crippen molar-refractivity contribution in [3.05, 3.63) is 12.0 Å². The van der Waals surface area contributed by atoms with E-state index in [4.69, 9.17) is 15.3 Å². The molecule has 0 aliphatic rings. The van der Waals surface area contributed by atoms with Gasteiger partial charge >= 0.3 is 0 Å². The molecule has 0 rings (SSSR count). The molecular weight excluding hydrogens is 120 g/mol. The Kier molecular flexibility index (Phi) is 3.88. The van der Waals surface area contributed by atoms with Crippen molar-refractivity contribution in [2.45, 2.75) is 25.9 Å². The highest BCUT2D eigenvalue weighted by molar-refractivity contribution is 4.91. The fourth-order valence-corrected chi connectivity index (χ4v) is 0.507. The van der Waals surface area contributed by atoms with Crippen molar-refractivity contribution in [2.75, 3.05) is 0 Å². The van der Waals surface area contributed by atoms with Gasteiger partial charge in [-0.05, 0) is 6.42 Å².